The van der Waals surface area contributed by atoms with Gasteiger partial charge in [0, 0.05) is 12.6 Å². The molecule has 0 radical (unpaired) electrons. The van der Waals surface area contributed by atoms with E-state index < -0.39 is 10.0 Å². The van der Waals surface area contributed by atoms with Gasteiger partial charge in [0.1, 0.15) is 0 Å². The molecule has 1 atom stereocenters. The summed E-state index contributed by atoms with van der Waals surface area (Å²) in [4.78, 5) is 14.3. The number of sulfonamides is 1. The van der Waals surface area contributed by atoms with Crippen LogP contribution in [0.1, 0.15) is 29.0 Å². The van der Waals surface area contributed by atoms with Gasteiger partial charge in [-0.05, 0) is 37.0 Å². The number of furan rings is 1. The Kier molecular flexibility index (Phi) is 4.23. The van der Waals surface area contributed by atoms with Crippen LogP contribution in [-0.2, 0) is 16.4 Å². The topological polar surface area (TPSA) is 93.6 Å². The van der Waals surface area contributed by atoms with Crippen LogP contribution in [-0.4, -0.2) is 31.8 Å². The number of primary sulfonamides is 1. The van der Waals surface area contributed by atoms with E-state index in [4.69, 9.17) is 9.56 Å². The van der Waals surface area contributed by atoms with Gasteiger partial charge in [0.25, 0.3) is 15.9 Å². The summed E-state index contributed by atoms with van der Waals surface area (Å²) in [6, 6.07) is 12.6. The number of benzene rings is 1. The third kappa shape index (κ3) is 3.46. The summed E-state index contributed by atoms with van der Waals surface area (Å²) < 4.78 is 27.6. The monoisotopic (exact) mass is 334 g/mol. The second kappa shape index (κ2) is 6.17. The fraction of sp³-hybridized carbons (Fsp3) is 0.312. The highest BCUT2D eigenvalue weighted by atomic mass is 32.2. The molecule has 0 saturated carbocycles. The van der Waals surface area contributed by atoms with Crippen molar-refractivity contribution in [1.82, 2.24) is 4.90 Å². The zero-order valence-corrected chi connectivity index (χ0v) is 13.3. The van der Waals surface area contributed by atoms with Crippen molar-refractivity contribution in [3.63, 3.8) is 0 Å². The van der Waals surface area contributed by atoms with Gasteiger partial charge in [-0.1, -0.05) is 30.3 Å². The Morgan fingerprint density at radius 2 is 1.96 bits per heavy atom. The van der Waals surface area contributed by atoms with Crippen molar-refractivity contribution in [3.8, 4) is 0 Å². The standard InChI is InChI=1S/C16H18N2O4S/c17-23(20,21)15-9-8-14(22-15)16(19)18-10-4-7-13(18)11-12-5-2-1-3-6-12/h1-3,5-6,8-9,13H,4,7,10-11H2,(H2,17,20,21). The van der Waals surface area contributed by atoms with E-state index in [1.54, 1.807) is 4.90 Å². The Morgan fingerprint density at radius 1 is 1.22 bits per heavy atom. The largest absolute Gasteiger partial charge is 0.438 e. The Morgan fingerprint density at radius 3 is 2.61 bits per heavy atom. The van der Waals surface area contributed by atoms with E-state index in [-0.39, 0.29) is 22.8 Å². The molecule has 1 aliphatic heterocycles. The fourth-order valence-corrected chi connectivity index (χ4v) is 3.39. The lowest BCUT2D eigenvalue weighted by Gasteiger charge is -2.23. The zero-order chi connectivity index (χ0) is 16.4. The summed E-state index contributed by atoms with van der Waals surface area (Å²) >= 11 is 0. The third-order valence-corrected chi connectivity index (χ3v) is 4.80. The molecule has 1 unspecified atom stereocenters. The number of likely N-dealkylation sites (tertiary alicyclic amines) is 1. The van der Waals surface area contributed by atoms with Crippen molar-refractivity contribution < 1.29 is 17.6 Å². The minimum absolute atomic E-state index is 0.00832. The quantitative estimate of drug-likeness (QED) is 0.922. The molecule has 1 aliphatic rings. The summed E-state index contributed by atoms with van der Waals surface area (Å²) in [5.41, 5.74) is 1.17. The molecule has 1 aromatic heterocycles. The molecular formula is C16H18N2O4S. The van der Waals surface area contributed by atoms with Gasteiger partial charge in [0.15, 0.2) is 5.76 Å². The smallest absolute Gasteiger partial charge is 0.289 e. The summed E-state index contributed by atoms with van der Waals surface area (Å²) in [7, 11) is -3.94. The molecule has 0 bridgehead atoms. The van der Waals surface area contributed by atoms with Gasteiger partial charge in [-0.15, -0.1) is 0 Å². The number of carbonyl (C=O) groups excluding carboxylic acids is 1. The molecule has 1 amide bonds. The van der Waals surface area contributed by atoms with Crippen LogP contribution in [0.3, 0.4) is 0 Å². The van der Waals surface area contributed by atoms with Crippen LogP contribution < -0.4 is 5.14 Å². The number of hydrogen-bond acceptors (Lipinski definition) is 4. The SMILES string of the molecule is NS(=O)(=O)c1ccc(C(=O)N2CCCC2Cc2ccccc2)o1. The second-order valence-corrected chi connectivity index (χ2v) is 7.14. The molecule has 2 heterocycles. The fourth-order valence-electron chi connectivity index (χ4n) is 2.93. The minimum Gasteiger partial charge on any atom is -0.438 e. The molecule has 2 aromatic rings. The summed E-state index contributed by atoms with van der Waals surface area (Å²) in [6.07, 6.45) is 2.62. The van der Waals surface area contributed by atoms with Crippen LogP contribution >= 0.6 is 0 Å². The number of nitrogens with zero attached hydrogens (tertiary/aromatic N) is 1. The molecule has 23 heavy (non-hydrogen) atoms. The Bertz CT molecular complexity index is 798. The van der Waals surface area contributed by atoms with Gasteiger partial charge in [0.05, 0.1) is 0 Å². The van der Waals surface area contributed by atoms with Crippen molar-refractivity contribution in [1.29, 1.82) is 0 Å². The Labute approximate surface area is 134 Å². The van der Waals surface area contributed by atoms with E-state index in [1.165, 1.54) is 17.7 Å². The summed E-state index contributed by atoms with van der Waals surface area (Å²) in [6.45, 7) is 0.641. The van der Waals surface area contributed by atoms with E-state index in [2.05, 4.69) is 0 Å². The normalized spacial score (nSPS) is 18.3. The maximum absolute atomic E-state index is 12.6. The molecular weight excluding hydrogens is 316 g/mol. The number of carbonyl (C=O) groups is 1. The van der Waals surface area contributed by atoms with Gasteiger partial charge in [-0.25, -0.2) is 13.6 Å². The van der Waals surface area contributed by atoms with E-state index in [1.807, 2.05) is 30.3 Å². The van der Waals surface area contributed by atoms with Gasteiger partial charge >= 0.3 is 0 Å². The highest BCUT2D eigenvalue weighted by Crippen LogP contribution is 2.24. The predicted molar refractivity (Wildman–Crippen MR) is 84.3 cm³/mol. The van der Waals surface area contributed by atoms with Crippen LogP contribution in [0.4, 0.5) is 0 Å². The molecule has 1 fully saturated rings. The zero-order valence-electron chi connectivity index (χ0n) is 12.5. The Hall–Kier alpha value is -2.12. The minimum atomic E-state index is -3.94. The predicted octanol–water partition coefficient (Wildman–Crippen LogP) is 1.77. The molecule has 0 spiro atoms. The first-order valence-corrected chi connectivity index (χ1v) is 8.97. The molecule has 2 N–H and O–H groups in total. The molecule has 6 nitrogen and oxygen atoms in total. The molecule has 7 heteroatoms. The van der Waals surface area contributed by atoms with E-state index in [0.29, 0.717) is 6.54 Å². The molecule has 3 rings (SSSR count). The van der Waals surface area contributed by atoms with E-state index >= 15 is 0 Å². The average molecular weight is 334 g/mol. The van der Waals surface area contributed by atoms with Crippen LogP contribution in [0.25, 0.3) is 0 Å². The number of amides is 1. The lowest BCUT2D eigenvalue weighted by molar-refractivity contribution is 0.0698. The van der Waals surface area contributed by atoms with Gasteiger partial charge < -0.3 is 9.32 Å². The highest BCUT2D eigenvalue weighted by Gasteiger charge is 2.31. The van der Waals surface area contributed by atoms with Gasteiger partial charge in [-0.2, -0.15) is 0 Å². The number of rotatable bonds is 4. The number of hydrogen-bond donors (Lipinski definition) is 1. The van der Waals surface area contributed by atoms with Crippen LogP contribution in [0, 0.1) is 0 Å². The Balaban J connectivity index is 1.77. The van der Waals surface area contributed by atoms with Crippen molar-refractivity contribution in [3.05, 3.63) is 53.8 Å². The molecule has 1 saturated heterocycles. The molecule has 0 aliphatic carbocycles. The number of nitrogens with two attached hydrogens (primary N) is 1. The first kappa shape index (κ1) is 15.8. The van der Waals surface area contributed by atoms with Crippen molar-refractivity contribution in [2.45, 2.75) is 30.4 Å². The molecule has 122 valence electrons. The highest BCUT2D eigenvalue weighted by molar-refractivity contribution is 7.89. The van der Waals surface area contributed by atoms with Crippen molar-refractivity contribution in [2.75, 3.05) is 6.54 Å². The lowest BCUT2D eigenvalue weighted by atomic mass is 10.0. The van der Waals surface area contributed by atoms with Crippen LogP contribution in [0.15, 0.2) is 52.0 Å². The summed E-state index contributed by atoms with van der Waals surface area (Å²) in [5.74, 6) is -0.285. The first-order chi connectivity index (χ1) is 10.9. The second-order valence-electron chi connectivity index (χ2n) is 5.65. The summed E-state index contributed by atoms with van der Waals surface area (Å²) in [5, 5.41) is 4.62. The first-order valence-electron chi connectivity index (χ1n) is 7.42. The van der Waals surface area contributed by atoms with Crippen LogP contribution in [0.5, 0.6) is 0 Å². The maximum Gasteiger partial charge on any atom is 0.289 e. The average Bonchev–Trinajstić information content (AvgIpc) is 3.16. The van der Waals surface area contributed by atoms with Crippen molar-refractivity contribution >= 4 is 15.9 Å². The van der Waals surface area contributed by atoms with Crippen molar-refractivity contribution in [2.24, 2.45) is 5.14 Å². The van der Waals surface area contributed by atoms with Crippen LogP contribution in [0.2, 0.25) is 0 Å². The maximum atomic E-state index is 12.6. The van der Waals surface area contributed by atoms with E-state index in [9.17, 15) is 13.2 Å². The third-order valence-electron chi connectivity index (χ3n) is 4.02. The van der Waals surface area contributed by atoms with E-state index in [0.717, 1.165) is 19.3 Å². The van der Waals surface area contributed by atoms with Gasteiger partial charge in [-0.3, -0.25) is 4.79 Å². The molecule has 1 aromatic carbocycles. The lowest BCUT2D eigenvalue weighted by Crippen LogP contribution is -2.36. The van der Waals surface area contributed by atoms with Gasteiger partial charge in [0.2, 0.25) is 5.09 Å².